The zero-order valence-corrected chi connectivity index (χ0v) is 15.7. The first-order valence-electron chi connectivity index (χ1n) is 9.24. The first-order valence-corrected chi connectivity index (χ1v) is 9.24. The van der Waals surface area contributed by atoms with Crippen LogP contribution >= 0.6 is 0 Å². The lowest BCUT2D eigenvalue weighted by molar-refractivity contribution is -0.117. The number of esters is 1. The standard InChI is InChI=1S/C22H18FNO5/c1-13-16-7-3-8-17(23)21(16)29-20(13)22(27)28-12-18(25)14-5-2-6-15(11-14)24-10-4-9-19(24)26/h2-3,5-8,11H,4,9-10,12H2,1H3. The number of ketones is 1. The number of rotatable bonds is 5. The topological polar surface area (TPSA) is 76.8 Å². The molecule has 1 aliphatic rings. The van der Waals surface area contributed by atoms with E-state index in [4.69, 9.17) is 9.15 Å². The van der Waals surface area contributed by atoms with E-state index in [0.717, 1.165) is 6.42 Å². The Morgan fingerprint density at radius 3 is 2.72 bits per heavy atom. The van der Waals surface area contributed by atoms with E-state index < -0.39 is 24.2 Å². The molecule has 0 saturated carbocycles. The number of benzene rings is 2. The van der Waals surface area contributed by atoms with E-state index in [2.05, 4.69) is 0 Å². The predicted molar refractivity (Wildman–Crippen MR) is 104 cm³/mol. The minimum absolute atomic E-state index is 0.0219. The molecule has 0 atom stereocenters. The van der Waals surface area contributed by atoms with E-state index in [0.29, 0.717) is 35.2 Å². The summed E-state index contributed by atoms with van der Waals surface area (Å²) >= 11 is 0. The molecular formula is C22H18FNO5. The summed E-state index contributed by atoms with van der Waals surface area (Å²) in [6.07, 6.45) is 1.28. The van der Waals surface area contributed by atoms with Gasteiger partial charge in [-0.25, -0.2) is 9.18 Å². The molecule has 7 heteroatoms. The number of hydrogen-bond acceptors (Lipinski definition) is 5. The predicted octanol–water partition coefficient (Wildman–Crippen LogP) is 4.05. The van der Waals surface area contributed by atoms with Gasteiger partial charge in [0.2, 0.25) is 11.7 Å². The highest BCUT2D eigenvalue weighted by atomic mass is 19.1. The van der Waals surface area contributed by atoms with Gasteiger partial charge in [0, 0.05) is 35.2 Å². The molecule has 4 rings (SSSR count). The van der Waals surface area contributed by atoms with Crippen LogP contribution in [0.4, 0.5) is 10.1 Å². The summed E-state index contributed by atoms with van der Waals surface area (Å²) in [6, 6.07) is 11.1. The first-order chi connectivity index (χ1) is 14.0. The zero-order chi connectivity index (χ0) is 20.5. The van der Waals surface area contributed by atoms with Crippen molar-refractivity contribution in [2.75, 3.05) is 18.1 Å². The average Bonchev–Trinajstić information content (AvgIpc) is 3.30. The Kier molecular flexibility index (Phi) is 4.88. The highest BCUT2D eigenvalue weighted by molar-refractivity contribution is 6.02. The minimum Gasteiger partial charge on any atom is -0.451 e. The second-order valence-corrected chi connectivity index (χ2v) is 6.87. The van der Waals surface area contributed by atoms with Crippen molar-refractivity contribution in [1.29, 1.82) is 0 Å². The van der Waals surface area contributed by atoms with Gasteiger partial charge < -0.3 is 14.1 Å². The second kappa shape index (κ2) is 7.50. The summed E-state index contributed by atoms with van der Waals surface area (Å²) in [5.41, 5.74) is 1.41. The highest BCUT2D eigenvalue weighted by Crippen LogP contribution is 2.28. The van der Waals surface area contributed by atoms with Crippen LogP contribution in [0.2, 0.25) is 0 Å². The smallest absolute Gasteiger partial charge is 0.375 e. The van der Waals surface area contributed by atoms with Crippen LogP contribution in [0.1, 0.15) is 39.3 Å². The molecule has 0 N–H and O–H groups in total. The fourth-order valence-electron chi connectivity index (χ4n) is 3.45. The highest BCUT2D eigenvalue weighted by Gasteiger charge is 2.24. The fourth-order valence-corrected chi connectivity index (χ4v) is 3.45. The summed E-state index contributed by atoms with van der Waals surface area (Å²) < 4.78 is 24.3. The number of para-hydroxylation sites is 1. The second-order valence-electron chi connectivity index (χ2n) is 6.87. The number of ether oxygens (including phenoxy) is 1. The number of carbonyl (C=O) groups is 3. The largest absolute Gasteiger partial charge is 0.451 e. The van der Waals surface area contributed by atoms with Gasteiger partial charge in [-0.2, -0.15) is 0 Å². The number of aryl methyl sites for hydroxylation is 1. The number of anilines is 1. The number of Topliss-reactive ketones (excluding diaryl/α,β-unsaturated/α-hetero) is 1. The molecule has 148 valence electrons. The normalized spacial score (nSPS) is 13.9. The van der Waals surface area contributed by atoms with Crippen molar-refractivity contribution in [1.82, 2.24) is 0 Å². The molecule has 0 spiro atoms. The summed E-state index contributed by atoms with van der Waals surface area (Å²) in [7, 11) is 0. The van der Waals surface area contributed by atoms with Crippen molar-refractivity contribution in [3.8, 4) is 0 Å². The van der Waals surface area contributed by atoms with Crippen molar-refractivity contribution >= 4 is 34.3 Å². The van der Waals surface area contributed by atoms with Gasteiger partial charge in [-0.3, -0.25) is 9.59 Å². The van der Waals surface area contributed by atoms with Crippen molar-refractivity contribution < 1.29 is 27.9 Å². The Balaban J connectivity index is 1.47. The van der Waals surface area contributed by atoms with E-state index in [-0.39, 0.29) is 17.3 Å². The van der Waals surface area contributed by atoms with Crippen molar-refractivity contribution in [3.05, 3.63) is 65.2 Å². The van der Waals surface area contributed by atoms with E-state index >= 15 is 0 Å². The molecule has 1 aliphatic heterocycles. The van der Waals surface area contributed by atoms with E-state index in [9.17, 15) is 18.8 Å². The van der Waals surface area contributed by atoms with Crippen molar-refractivity contribution in [2.24, 2.45) is 0 Å². The molecule has 3 aromatic rings. The van der Waals surface area contributed by atoms with Gasteiger partial charge in [-0.05, 0) is 31.5 Å². The number of amides is 1. The van der Waals surface area contributed by atoms with Crippen LogP contribution < -0.4 is 4.90 Å². The Hall–Kier alpha value is -3.48. The van der Waals surface area contributed by atoms with Crippen molar-refractivity contribution in [2.45, 2.75) is 19.8 Å². The lowest BCUT2D eigenvalue weighted by Crippen LogP contribution is -2.24. The fraction of sp³-hybridized carbons (Fsp3) is 0.227. The Morgan fingerprint density at radius 2 is 2.00 bits per heavy atom. The van der Waals surface area contributed by atoms with Gasteiger partial charge >= 0.3 is 5.97 Å². The number of nitrogens with zero attached hydrogens (tertiary/aromatic N) is 1. The molecule has 1 saturated heterocycles. The van der Waals surface area contributed by atoms with Crippen molar-refractivity contribution in [3.63, 3.8) is 0 Å². The first kappa shape index (κ1) is 18.9. The summed E-state index contributed by atoms with van der Waals surface area (Å²) in [4.78, 5) is 38.4. The number of hydrogen-bond donors (Lipinski definition) is 0. The molecule has 1 aromatic heterocycles. The van der Waals surface area contributed by atoms with Gasteiger partial charge in [-0.15, -0.1) is 0 Å². The van der Waals surface area contributed by atoms with E-state index in [1.54, 1.807) is 42.2 Å². The van der Waals surface area contributed by atoms with Gasteiger partial charge in [-0.1, -0.05) is 24.3 Å². The maximum atomic E-state index is 13.8. The lowest BCUT2D eigenvalue weighted by Gasteiger charge is -2.16. The molecule has 0 radical (unpaired) electrons. The number of furan rings is 1. The van der Waals surface area contributed by atoms with Crippen LogP contribution in [-0.2, 0) is 9.53 Å². The molecule has 29 heavy (non-hydrogen) atoms. The zero-order valence-electron chi connectivity index (χ0n) is 15.7. The molecule has 0 bridgehead atoms. The summed E-state index contributed by atoms with van der Waals surface area (Å²) in [5.74, 6) is -1.93. The van der Waals surface area contributed by atoms with Gasteiger partial charge in [0.15, 0.2) is 23.8 Å². The molecule has 1 fully saturated rings. The molecular weight excluding hydrogens is 377 g/mol. The van der Waals surface area contributed by atoms with E-state index in [1.807, 2.05) is 0 Å². The van der Waals surface area contributed by atoms with Gasteiger partial charge in [0.1, 0.15) is 0 Å². The molecule has 2 heterocycles. The molecule has 6 nitrogen and oxygen atoms in total. The molecule has 1 amide bonds. The number of carbonyl (C=O) groups excluding carboxylic acids is 3. The minimum atomic E-state index is -0.836. The molecule has 2 aromatic carbocycles. The third-order valence-corrected chi connectivity index (χ3v) is 4.99. The Bertz CT molecular complexity index is 1130. The van der Waals surface area contributed by atoms with E-state index in [1.165, 1.54) is 12.1 Å². The quantitative estimate of drug-likeness (QED) is 0.481. The van der Waals surface area contributed by atoms with Crippen LogP contribution in [0, 0.1) is 12.7 Å². The van der Waals surface area contributed by atoms with Crippen LogP contribution in [-0.4, -0.2) is 30.8 Å². The number of halogens is 1. The Labute approximate surface area is 165 Å². The SMILES string of the molecule is Cc1c(C(=O)OCC(=O)c2cccc(N3CCCC3=O)c2)oc2c(F)cccc12. The van der Waals surface area contributed by atoms with Crippen LogP contribution in [0.3, 0.4) is 0 Å². The van der Waals surface area contributed by atoms with Gasteiger partial charge in [0.25, 0.3) is 0 Å². The van der Waals surface area contributed by atoms with Gasteiger partial charge in [0.05, 0.1) is 0 Å². The monoisotopic (exact) mass is 395 g/mol. The van der Waals surface area contributed by atoms with Crippen LogP contribution in [0.5, 0.6) is 0 Å². The Morgan fingerprint density at radius 1 is 1.21 bits per heavy atom. The molecule has 0 unspecified atom stereocenters. The summed E-state index contributed by atoms with van der Waals surface area (Å²) in [5, 5.41) is 0.478. The lowest BCUT2D eigenvalue weighted by atomic mass is 10.1. The third kappa shape index (κ3) is 3.51. The maximum Gasteiger partial charge on any atom is 0.375 e. The van der Waals surface area contributed by atoms with Crippen LogP contribution in [0.25, 0.3) is 11.0 Å². The maximum absolute atomic E-state index is 13.8. The van der Waals surface area contributed by atoms with Crippen LogP contribution in [0.15, 0.2) is 46.9 Å². The number of fused-ring (bicyclic) bond motifs is 1. The summed E-state index contributed by atoms with van der Waals surface area (Å²) in [6.45, 7) is 1.75. The molecule has 0 aliphatic carbocycles. The average molecular weight is 395 g/mol. The third-order valence-electron chi connectivity index (χ3n) is 4.99.